The van der Waals surface area contributed by atoms with Gasteiger partial charge in [0.15, 0.2) is 0 Å². The number of halogens is 1. The largest absolute Gasteiger partial charge is 0.493 e. The highest BCUT2D eigenvalue weighted by molar-refractivity contribution is 7.89. The van der Waals surface area contributed by atoms with E-state index in [4.69, 9.17) is 25.2 Å². The van der Waals surface area contributed by atoms with Crippen LogP contribution in [-0.4, -0.2) is 71.8 Å². The zero-order valence-electron chi connectivity index (χ0n) is 24.3. The van der Waals surface area contributed by atoms with E-state index in [9.17, 15) is 18.0 Å². The summed E-state index contributed by atoms with van der Waals surface area (Å²) < 4.78 is 46.1. The Morgan fingerprint density at radius 1 is 1.09 bits per heavy atom. The van der Waals surface area contributed by atoms with Crippen LogP contribution in [0.4, 0.5) is 0 Å². The van der Waals surface area contributed by atoms with Gasteiger partial charge in [-0.15, -0.1) is 0 Å². The maximum Gasteiger partial charge on any atom is 0.336 e. The highest BCUT2D eigenvalue weighted by atomic mass is 35.5. The van der Waals surface area contributed by atoms with E-state index >= 15 is 0 Å². The van der Waals surface area contributed by atoms with Gasteiger partial charge >= 0.3 is 11.5 Å². The number of aromatic nitrogens is 2. The lowest BCUT2D eigenvalue weighted by molar-refractivity contribution is 0.0486. The number of rotatable bonds is 7. The number of nitrogens with zero attached hydrogens (tertiary/aromatic N) is 3. The van der Waals surface area contributed by atoms with Gasteiger partial charge in [-0.1, -0.05) is 11.6 Å². The number of nitrogens with one attached hydrogen (secondary N) is 2. The Labute approximate surface area is 263 Å². The van der Waals surface area contributed by atoms with Crippen LogP contribution in [0.3, 0.4) is 0 Å². The molecule has 45 heavy (non-hydrogen) atoms. The number of ether oxygens (including phenoxy) is 1. The maximum atomic E-state index is 13.8. The van der Waals surface area contributed by atoms with E-state index in [1.54, 1.807) is 53.4 Å². The molecule has 0 radical (unpaired) electrons. The average Bonchev–Trinajstić information content (AvgIpc) is 3.65. The Balaban J connectivity index is 1.13. The number of carbonyl (C=O) groups excluding carboxylic acids is 1. The van der Waals surface area contributed by atoms with Gasteiger partial charge in [0.25, 0.3) is 15.9 Å². The summed E-state index contributed by atoms with van der Waals surface area (Å²) in [6.45, 7) is 2.96. The number of fused-ring (bicyclic) bond motifs is 3. The van der Waals surface area contributed by atoms with Gasteiger partial charge in [0, 0.05) is 78.0 Å². The number of carbonyl (C=O) groups is 1. The Hall–Kier alpha value is -4.17. The van der Waals surface area contributed by atoms with Gasteiger partial charge in [0.05, 0.1) is 18.8 Å². The minimum atomic E-state index is -3.93. The molecule has 1 fully saturated rings. The molecule has 2 N–H and O–H groups in total. The zero-order chi connectivity index (χ0) is 31.3. The van der Waals surface area contributed by atoms with Gasteiger partial charge in [-0.3, -0.25) is 4.79 Å². The van der Waals surface area contributed by atoms with Crippen molar-refractivity contribution < 1.29 is 26.8 Å². The molecule has 12 nitrogen and oxygen atoms in total. The third kappa shape index (κ3) is 5.84. The molecule has 0 bridgehead atoms. The quantitative estimate of drug-likeness (QED) is 0.249. The fraction of sp³-hybridized carbons (Fsp3) is 0.323. The Morgan fingerprint density at radius 3 is 2.80 bits per heavy atom. The first-order chi connectivity index (χ1) is 21.6. The minimum Gasteiger partial charge on any atom is -0.493 e. The van der Waals surface area contributed by atoms with Crippen LogP contribution in [0.15, 0.2) is 73.3 Å². The molecule has 5 heterocycles. The summed E-state index contributed by atoms with van der Waals surface area (Å²) in [6, 6.07) is 14.6. The summed E-state index contributed by atoms with van der Waals surface area (Å²) in [5.41, 5.74) is 1.34. The first kappa shape index (κ1) is 29.5. The van der Waals surface area contributed by atoms with E-state index in [0.717, 1.165) is 11.1 Å². The van der Waals surface area contributed by atoms with Crippen LogP contribution in [0.25, 0.3) is 21.9 Å². The standard InChI is InChI=1S/C31H30ClN5O7S/c1-18-12-25-27(16-33-18)44-30(35-25)31(39)37-10-9-36(45(40,41)28-14-20-13-21(32)4-6-24(20)34-28)17-22(37)8-11-42-23-5-2-19-3-7-29(38)43-26(19)15-23/h2-7,13-15,18,22,33-34H,8-12,16-17H2,1H3. The Bertz CT molecular complexity index is 2090. The van der Waals surface area contributed by atoms with Crippen LogP contribution in [0.1, 0.15) is 35.5 Å². The van der Waals surface area contributed by atoms with Crippen LogP contribution < -0.4 is 15.7 Å². The number of hydrogen-bond donors (Lipinski definition) is 2. The third-order valence-electron chi connectivity index (χ3n) is 8.27. The van der Waals surface area contributed by atoms with Crippen molar-refractivity contribution in [1.29, 1.82) is 0 Å². The smallest absolute Gasteiger partial charge is 0.336 e. The maximum absolute atomic E-state index is 13.8. The van der Waals surface area contributed by atoms with Crippen molar-refractivity contribution >= 4 is 49.4 Å². The van der Waals surface area contributed by atoms with Crippen LogP contribution in [0.5, 0.6) is 5.75 Å². The molecule has 2 aliphatic heterocycles. The van der Waals surface area contributed by atoms with Crippen LogP contribution >= 0.6 is 11.6 Å². The predicted molar refractivity (Wildman–Crippen MR) is 166 cm³/mol. The van der Waals surface area contributed by atoms with Crippen LogP contribution in [0.2, 0.25) is 5.02 Å². The SMILES string of the molecule is CC1Cc2nc(C(=O)N3CCN(S(=O)(=O)c4cc5cc(Cl)ccc5[nH]4)CC3CCOc3ccc4ccc(=O)oc4c3)oc2CN1. The van der Waals surface area contributed by atoms with Crippen molar-refractivity contribution in [3.8, 4) is 5.75 Å². The number of amides is 1. The third-order valence-corrected chi connectivity index (χ3v) is 10.3. The molecule has 0 saturated carbocycles. The average molecular weight is 652 g/mol. The molecule has 234 valence electrons. The molecule has 1 saturated heterocycles. The summed E-state index contributed by atoms with van der Waals surface area (Å²) in [7, 11) is -3.93. The van der Waals surface area contributed by atoms with E-state index in [-0.39, 0.29) is 43.2 Å². The number of sulfonamides is 1. The number of piperazine rings is 1. The first-order valence-corrected chi connectivity index (χ1v) is 16.4. The first-order valence-electron chi connectivity index (χ1n) is 14.6. The van der Waals surface area contributed by atoms with Gasteiger partial charge in [-0.2, -0.15) is 4.31 Å². The molecule has 14 heteroatoms. The molecule has 2 unspecified atom stereocenters. The number of benzene rings is 2. The van der Waals surface area contributed by atoms with E-state index in [0.29, 0.717) is 52.4 Å². The molecular formula is C31H30ClN5O7S. The molecule has 2 aliphatic rings. The molecule has 5 aromatic rings. The second kappa shape index (κ2) is 11.6. The lowest BCUT2D eigenvalue weighted by Gasteiger charge is -2.40. The summed E-state index contributed by atoms with van der Waals surface area (Å²) in [5, 5.41) is 5.30. The van der Waals surface area contributed by atoms with Crippen LogP contribution in [0, 0.1) is 0 Å². The van der Waals surface area contributed by atoms with Crippen molar-refractivity contribution in [2.45, 2.75) is 43.4 Å². The highest BCUT2D eigenvalue weighted by Crippen LogP contribution is 2.28. The van der Waals surface area contributed by atoms with Gasteiger partial charge in [-0.05, 0) is 49.4 Å². The summed E-state index contributed by atoms with van der Waals surface area (Å²) in [4.78, 5) is 34.6. The van der Waals surface area contributed by atoms with Crippen molar-refractivity contribution in [1.82, 2.24) is 24.5 Å². The van der Waals surface area contributed by atoms with E-state index in [1.807, 2.05) is 6.92 Å². The zero-order valence-corrected chi connectivity index (χ0v) is 25.9. The van der Waals surface area contributed by atoms with Gasteiger partial charge in [-0.25, -0.2) is 18.2 Å². The van der Waals surface area contributed by atoms with E-state index in [1.165, 1.54) is 10.4 Å². The van der Waals surface area contributed by atoms with Gasteiger partial charge < -0.3 is 28.8 Å². The second-order valence-electron chi connectivity index (χ2n) is 11.3. The fourth-order valence-electron chi connectivity index (χ4n) is 5.88. The Kier molecular flexibility index (Phi) is 7.64. The number of H-pyrrole nitrogens is 1. The van der Waals surface area contributed by atoms with Crippen molar-refractivity contribution in [3.05, 3.63) is 87.4 Å². The fourth-order valence-corrected chi connectivity index (χ4v) is 7.55. The number of hydrogen-bond acceptors (Lipinski definition) is 9. The molecule has 0 spiro atoms. The monoisotopic (exact) mass is 651 g/mol. The number of aromatic amines is 1. The molecule has 2 atom stereocenters. The van der Waals surface area contributed by atoms with Gasteiger partial charge in [0.2, 0.25) is 0 Å². The lowest BCUT2D eigenvalue weighted by atomic mass is 10.1. The lowest BCUT2D eigenvalue weighted by Crippen LogP contribution is -2.56. The molecule has 0 aliphatic carbocycles. The molecule has 2 aromatic carbocycles. The summed E-state index contributed by atoms with van der Waals surface area (Å²) in [6.07, 6.45) is 0.965. The van der Waals surface area contributed by atoms with Crippen molar-refractivity contribution in [3.63, 3.8) is 0 Å². The van der Waals surface area contributed by atoms with E-state index in [2.05, 4.69) is 15.3 Å². The van der Waals surface area contributed by atoms with Gasteiger partial charge in [0.1, 0.15) is 22.1 Å². The highest BCUT2D eigenvalue weighted by Gasteiger charge is 2.39. The summed E-state index contributed by atoms with van der Waals surface area (Å²) >= 11 is 6.12. The predicted octanol–water partition coefficient (Wildman–Crippen LogP) is 3.93. The molecule has 7 rings (SSSR count). The van der Waals surface area contributed by atoms with Crippen LogP contribution in [-0.2, 0) is 23.0 Å². The Morgan fingerprint density at radius 2 is 1.93 bits per heavy atom. The molecular weight excluding hydrogens is 622 g/mol. The van der Waals surface area contributed by atoms with E-state index < -0.39 is 27.6 Å². The molecule has 1 amide bonds. The molecule has 3 aromatic heterocycles. The van der Waals surface area contributed by atoms with Crippen molar-refractivity contribution in [2.24, 2.45) is 0 Å². The minimum absolute atomic E-state index is 0.00446. The van der Waals surface area contributed by atoms with Crippen molar-refractivity contribution in [2.75, 3.05) is 26.2 Å². The second-order valence-corrected chi connectivity index (χ2v) is 13.7. The number of oxazole rings is 1. The topological polar surface area (TPSA) is 151 Å². The summed E-state index contributed by atoms with van der Waals surface area (Å²) in [5.74, 6) is 0.718. The normalized spacial score (nSPS) is 19.2.